The third-order valence-corrected chi connectivity index (χ3v) is 4.33. The SMILES string of the molecule is Cn1ccc(CCN2C3CCCC2CC(=O)C3)n1. The van der Waals surface area contributed by atoms with Gasteiger partial charge in [-0.15, -0.1) is 0 Å². The Kier molecular flexibility index (Phi) is 3.20. The lowest BCUT2D eigenvalue weighted by molar-refractivity contribution is -0.127. The van der Waals surface area contributed by atoms with E-state index in [-0.39, 0.29) is 0 Å². The molecular formula is C14H21N3O. The standard InChI is InChI=1S/C14H21N3O/c1-16-7-5-11(15-16)6-8-17-12-3-2-4-13(17)10-14(18)9-12/h5,7,12-13H,2-4,6,8-10H2,1H3. The Bertz CT molecular complexity index is 424. The third-order valence-electron chi connectivity index (χ3n) is 4.33. The molecule has 1 aromatic rings. The van der Waals surface area contributed by atoms with Crippen molar-refractivity contribution >= 4 is 5.78 Å². The van der Waals surface area contributed by atoms with Crippen LogP contribution in [0.3, 0.4) is 0 Å². The fourth-order valence-corrected chi connectivity index (χ4v) is 3.47. The van der Waals surface area contributed by atoms with Crippen LogP contribution in [0.15, 0.2) is 12.3 Å². The zero-order valence-corrected chi connectivity index (χ0v) is 11.0. The minimum Gasteiger partial charge on any atom is -0.300 e. The van der Waals surface area contributed by atoms with Crippen LogP contribution in [-0.2, 0) is 18.3 Å². The quantitative estimate of drug-likeness (QED) is 0.813. The zero-order valence-electron chi connectivity index (χ0n) is 11.0. The van der Waals surface area contributed by atoms with Gasteiger partial charge in [0.15, 0.2) is 0 Å². The number of carbonyl (C=O) groups is 1. The first-order valence-electron chi connectivity index (χ1n) is 6.98. The minimum atomic E-state index is 0.471. The summed E-state index contributed by atoms with van der Waals surface area (Å²) in [7, 11) is 1.96. The van der Waals surface area contributed by atoms with Crippen LogP contribution in [0.4, 0.5) is 0 Å². The smallest absolute Gasteiger partial charge is 0.136 e. The Morgan fingerprint density at radius 3 is 2.67 bits per heavy atom. The average Bonchev–Trinajstić information content (AvgIpc) is 2.72. The van der Waals surface area contributed by atoms with Gasteiger partial charge in [0.25, 0.3) is 0 Å². The minimum absolute atomic E-state index is 0.471. The second-order valence-electron chi connectivity index (χ2n) is 5.65. The van der Waals surface area contributed by atoms with Crippen molar-refractivity contribution in [2.24, 2.45) is 7.05 Å². The number of nitrogens with zero attached hydrogens (tertiary/aromatic N) is 3. The maximum Gasteiger partial charge on any atom is 0.136 e. The second kappa shape index (κ2) is 4.84. The lowest BCUT2D eigenvalue weighted by Gasteiger charge is -2.45. The van der Waals surface area contributed by atoms with Gasteiger partial charge in [0.2, 0.25) is 0 Å². The van der Waals surface area contributed by atoms with Crippen LogP contribution in [0.25, 0.3) is 0 Å². The number of fused-ring (bicyclic) bond motifs is 2. The molecule has 0 saturated carbocycles. The van der Waals surface area contributed by atoms with Crippen LogP contribution in [0, 0.1) is 0 Å². The Morgan fingerprint density at radius 2 is 2.06 bits per heavy atom. The van der Waals surface area contributed by atoms with Gasteiger partial charge in [0, 0.05) is 51.1 Å². The molecule has 0 aliphatic carbocycles. The number of piperidine rings is 2. The molecule has 0 spiro atoms. The van der Waals surface area contributed by atoms with Crippen LogP contribution in [0.5, 0.6) is 0 Å². The van der Waals surface area contributed by atoms with Crippen molar-refractivity contribution in [1.82, 2.24) is 14.7 Å². The number of hydrogen-bond donors (Lipinski definition) is 0. The summed E-state index contributed by atoms with van der Waals surface area (Å²) in [6.07, 6.45) is 8.24. The van der Waals surface area contributed by atoms with Crippen LogP contribution in [-0.4, -0.2) is 39.1 Å². The van der Waals surface area contributed by atoms with Gasteiger partial charge < -0.3 is 0 Å². The average molecular weight is 247 g/mol. The monoisotopic (exact) mass is 247 g/mol. The Hall–Kier alpha value is -1.16. The molecule has 2 aliphatic heterocycles. The molecule has 3 rings (SSSR count). The molecule has 0 N–H and O–H groups in total. The van der Waals surface area contributed by atoms with E-state index in [1.54, 1.807) is 0 Å². The molecule has 0 aromatic carbocycles. The lowest BCUT2D eigenvalue weighted by atomic mass is 9.83. The normalized spacial score (nSPS) is 28.6. The van der Waals surface area contributed by atoms with Gasteiger partial charge in [0.05, 0.1) is 5.69 Å². The van der Waals surface area contributed by atoms with Crippen molar-refractivity contribution in [2.45, 2.75) is 50.6 Å². The molecule has 2 fully saturated rings. The molecular weight excluding hydrogens is 226 g/mol. The van der Waals surface area contributed by atoms with E-state index in [4.69, 9.17) is 0 Å². The van der Waals surface area contributed by atoms with Crippen LogP contribution in [0.1, 0.15) is 37.8 Å². The van der Waals surface area contributed by atoms with Crippen LogP contribution < -0.4 is 0 Å². The maximum absolute atomic E-state index is 11.7. The van der Waals surface area contributed by atoms with Crippen molar-refractivity contribution in [1.29, 1.82) is 0 Å². The molecule has 4 heteroatoms. The zero-order chi connectivity index (χ0) is 12.5. The molecule has 4 nitrogen and oxygen atoms in total. The van der Waals surface area contributed by atoms with Crippen molar-refractivity contribution in [3.8, 4) is 0 Å². The van der Waals surface area contributed by atoms with Crippen LogP contribution >= 0.6 is 0 Å². The summed E-state index contributed by atoms with van der Waals surface area (Å²) >= 11 is 0. The van der Waals surface area contributed by atoms with E-state index in [9.17, 15) is 4.79 Å². The molecule has 2 saturated heterocycles. The van der Waals surface area contributed by atoms with Gasteiger partial charge in [-0.25, -0.2) is 0 Å². The Morgan fingerprint density at radius 1 is 1.33 bits per heavy atom. The highest BCUT2D eigenvalue weighted by Crippen LogP contribution is 2.32. The number of aromatic nitrogens is 2. The van der Waals surface area contributed by atoms with Gasteiger partial charge in [-0.1, -0.05) is 6.42 Å². The first-order valence-corrected chi connectivity index (χ1v) is 6.98. The predicted octanol–water partition coefficient (Wildman–Crippen LogP) is 1.55. The van der Waals surface area contributed by atoms with E-state index in [1.165, 1.54) is 19.3 Å². The summed E-state index contributed by atoms with van der Waals surface area (Å²) in [6.45, 7) is 1.06. The van der Waals surface area contributed by atoms with Gasteiger partial charge in [0.1, 0.15) is 5.78 Å². The Labute approximate surface area is 108 Å². The summed E-state index contributed by atoms with van der Waals surface area (Å²) in [5, 5.41) is 4.43. The maximum atomic E-state index is 11.7. The van der Waals surface area contributed by atoms with Gasteiger partial charge >= 0.3 is 0 Å². The number of aryl methyl sites for hydroxylation is 1. The molecule has 2 aliphatic rings. The summed E-state index contributed by atoms with van der Waals surface area (Å²) in [5.41, 5.74) is 1.16. The van der Waals surface area contributed by atoms with Crippen molar-refractivity contribution in [2.75, 3.05) is 6.54 Å². The summed E-state index contributed by atoms with van der Waals surface area (Å²) in [5.74, 6) is 0.471. The number of hydrogen-bond acceptors (Lipinski definition) is 3. The van der Waals surface area contributed by atoms with E-state index in [0.717, 1.165) is 31.5 Å². The Balaban J connectivity index is 1.63. The highest BCUT2D eigenvalue weighted by molar-refractivity contribution is 5.80. The fourth-order valence-electron chi connectivity index (χ4n) is 3.47. The van der Waals surface area contributed by atoms with Crippen molar-refractivity contribution < 1.29 is 4.79 Å². The molecule has 3 heterocycles. The molecule has 1 aromatic heterocycles. The van der Waals surface area contributed by atoms with Crippen molar-refractivity contribution in [3.05, 3.63) is 18.0 Å². The highest BCUT2D eigenvalue weighted by atomic mass is 16.1. The molecule has 98 valence electrons. The summed E-state index contributed by atoms with van der Waals surface area (Å²) < 4.78 is 1.86. The molecule has 0 radical (unpaired) electrons. The summed E-state index contributed by atoms with van der Waals surface area (Å²) in [4.78, 5) is 14.2. The topological polar surface area (TPSA) is 38.1 Å². The van der Waals surface area contributed by atoms with Gasteiger partial charge in [-0.3, -0.25) is 14.4 Å². The molecule has 2 unspecified atom stereocenters. The van der Waals surface area contributed by atoms with Gasteiger partial charge in [-0.2, -0.15) is 5.10 Å². The first kappa shape index (κ1) is 11.9. The van der Waals surface area contributed by atoms with E-state index in [0.29, 0.717) is 17.9 Å². The predicted molar refractivity (Wildman–Crippen MR) is 69.3 cm³/mol. The van der Waals surface area contributed by atoms with Gasteiger partial charge in [-0.05, 0) is 18.9 Å². The molecule has 2 atom stereocenters. The fraction of sp³-hybridized carbons (Fsp3) is 0.714. The molecule has 18 heavy (non-hydrogen) atoms. The van der Waals surface area contributed by atoms with Crippen LogP contribution in [0.2, 0.25) is 0 Å². The first-order chi connectivity index (χ1) is 8.72. The number of carbonyl (C=O) groups excluding carboxylic acids is 1. The number of rotatable bonds is 3. The van der Waals surface area contributed by atoms with E-state index >= 15 is 0 Å². The molecule has 2 bridgehead atoms. The third kappa shape index (κ3) is 2.34. The number of ketones is 1. The van der Waals surface area contributed by atoms with E-state index < -0.39 is 0 Å². The largest absolute Gasteiger partial charge is 0.300 e. The second-order valence-corrected chi connectivity index (χ2v) is 5.65. The summed E-state index contributed by atoms with van der Waals surface area (Å²) in [6, 6.07) is 3.10. The van der Waals surface area contributed by atoms with E-state index in [2.05, 4.69) is 16.1 Å². The van der Waals surface area contributed by atoms with Crippen molar-refractivity contribution in [3.63, 3.8) is 0 Å². The highest BCUT2D eigenvalue weighted by Gasteiger charge is 2.36. The molecule has 0 amide bonds. The lowest BCUT2D eigenvalue weighted by Crippen LogP contribution is -2.52. The number of Topliss-reactive ketones (excluding diaryl/α,β-unsaturated/α-hetero) is 1. The van der Waals surface area contributed by atoms with E-state index in [1.807, 2.05) is 17.9 Å².